The SMILES string of the molecule is CCC(Br)CCNc1cncc(OC)n1. The Hall–Kier alpha value is -0.840. The van der Waals surface area contributed by atoms with Crippen molar-refractivity contribution in [2.75, 3.05) is 19.0 Å². The van der Waals surface area contributed by atoms with Crippen LogP contribution in [0.25, 0.3) is 0 Å². The van der Waals surface area contributed by atoms with E-state index in [0.29, 0.717) is 10.7 Å². The summed E-state index contributed by atoms with van der Waals surface area (Å²) in [6, 6.07) is 0. The summed E-state index contributed by atoms with van der Waals surface area (Å²) < 4.78 is 4.98. The first kappa shape index (κ1) is 12.2. The smallest absolute Gasteiger partial charge is 0.233 e. The van der Waals surface area contributed by atoms with E-state index in [9.17, 15) is 0 Å². The Bertz CT molecular complexity index is 296. The van der Waals surface area contributed by atoms with Crippen LogP contribution < -0.4 is 10.1 Å². The molecule has 1 rings (SSSR count). The first-order valence-corrected chi connectivity index (χ1v) is 5.91. The number of nitrogens with one attached hydrogen (secondary N) is 1. The highest BCUT2D eigenvalue weighted by atomic mass is 79.9. The lowest BCUT2D eigenvalue weighted by atomic mass is 10.2. The zero-order valence-electron chi connectivity index (χ0n) is 9.03. The number of rotatable bonds is 6. The molecule has 0 fully saturated rings. The molecule has 0 bridgehead atoms. The van der Waals surface area contributed by atoms with Crippen LogP contribution in [0.2, 0.25) is 0 Å². The molecular weight excluding hydrogens is 258 g/mol. The second-order valence-corrected chi connectivity index (χ2v) is 4.46. The van der Waals surface area contributed by atoms with Gasteiger partial charge in [-0.2, -0.15) is 4.98 Å². The second kappa shape index (κ2) is 6.61. The molecule has 1 aromatic rings. The minimum absolute atomic E-state index is 0.533. The maximum absolute atomic E-state index is 4.98. The minimum Gasteiger partial charge on any atom is -0.480 e. The van der Waals surface area contributed by atoms with Crippen molar-refractivity contribution in [3.63, 3.8) is 0 Å². The topological polar surface area (TPSA) is 47.0 Å². The molecule has 0 aliphatic heterocycles. The van der Waals surface area contributed by atoms with E-state index in [4.69, 9.17) is 4.74 Å². The van der Waals surface area contributed by atoms with Crippen molar-refractivity contribution >= 4 is 21.7 Å². The van der Waals surface area contributed by atoms with Gasteiger partial charge in [-0.3, -0.25) is 4.98 Å². The molecule has 1 N–H and O–H groups in total. The third-order valence-corrected chi connectivity index (χ3v) is 3.13. The van der Waals surface area contributed by atoms with Crippen LogP contribution in [-0.4, -0.2) is 28.4 Å². The van der Waals surface area contributed by atoms with E-state index in [-0.39, 0.29) is 0 Å². The molecule has 15 heavy (non-hydrogen) atoms. The van der Waals surface area contributed by atoms with Crippen LogP contribution in [0.4, 0.5) is 5.82 Å². The average Bonchev–Trinajstić information content (AvgIpc) is 2.29. The van der Waals surface area contributed by atoms with Gasteiger partial charge in [0.25, 0.3) is 0 Å². The van der Waals surface area contributed by atoms with Gasteiger partial charge in [-0.25, -0.2) is 0 Å². The van der Waals surface area contributed by atoms with Gasteiger partial charge in [0.1, 0.15) is 5.82 Å². The summed E-state index contributed by atoms with van der Waals surface area (Å²) in [6.45, 7) is 3.04. The highest BCUT2D eigenvalue weighted by molar-refractivity contribution is 9.09. The standard InChI is InChI=1S/C10H16BrN3O/c1-3-8(11)4-5-13-9-6-12-7-10(14-9)15-2/h6-8H,3-5H2,1-2H3,(H,13,14). The van der Waals surface area contributed by atoms with Gasteiger partial charge in [0.15, 0.2) is 0 Å². The van der Waals surface area contributed by atoms with E-state index < -0.39 is 0 Å². The Balaban J connectivity index is 2.37. The maximum atomic E-state index is 4.98. The lowest BCUT2D eigenvalue weighted by Crippen LogP contribution is -2.09. The Kier molecular flexibility index (Phi) is 5.39. The highest BCUT2D eigenvalue weighted by Gasteiger charge is 2.01. The summed E-state index contributed by atoms with van der Waals surface area (Å²) in [6.07, 6.45) is 5.48. The number of aromatic nitrogens is 2. The van der Waals surface area contributed by atoms with Crippen LogP contribution in [0.15, 0.2) is 12.4 Å². The Morgan fingerprint density at radius 3 is 3.00 bits per heavy atom. The molecule has 0 aromatic carbocycles. The zero-order chi connectivity index (χ0) is 11.1. The first-order valence-electron chi connectivity index (χ1n) is 5.00. The Morgan fingerprint density at radius 1 is 1.53 bits per heavy atom. The number of halogens is 1. The lowest BCUT2D eigenvalue weighted by Gasteiger charge is -2.08. The van der Waals surface area contributed by atoms with Gasteiger partial charge in [-0.05, 0) is 12.8 Å². The van der Waals surface area contributed by atoms with Gasteiger partial charge >= 0.3 is 0 Å². The summed E-state index contributed by atoms with van der Waals surface area (Å²) in [5.74, 6) is 1.29. The molecule has 0 aliphatic rings. The van der Waals surface area contributed by atoms with E-state index in [2.05, 4.69) is 38.1 Å². The third-order valence-electron chi connectivity index (χ3n) is 2.03. The monoisotopic (exact) mass is 273 g/mol. The fourth-order valence-corrected chi connectivity index (χ4v) is 1.32. The molecule has 0 radical (unpaired) electrons. The van der Waals surface area contributed by atoms with Crippen molar-refractivity contribution in [2.24, 2.45) is 0 Å². The van der Waals surface area contributed by atoms with Crippen molar-refractivity contribution < 1.29 is 4.74 Å². The van der Waals surface area contributed by atoms with Gasteiger partial charge in [-0.15, -0.1) is 0 Å². The third kappa shape index (κ3) is 4.46. The summed E-state index contributed by atoms with van der Waals surface area (Å²) in [7, 11) is 1.58. The molecule has 0 saturated heterocycles. The predicted octanol–water partition coefficient (Wildman–Crippen LogP) is 2.46. The van der Waals surface area contributed by atoms with Crippen LogP contribution in [0.3, 0.4) is 0 Å². The molecule has 1 aromatic heterocycles. The molecule has 1 unspecified atom stereocenters. The quantitative estimate of drug-likeness (QED) is 0.809. The summed E-state index contributed by atoms with van der Waals surface area (Å²) in [5.41, 5.74) is 0. The number of alkyl halides is 1. The van der Waals surface area contributed by atoms with Crippen LogP contribution in [-0.2, 0) is 0 Å². The summed E-state index contributed by atoms with van der Waals surface area (Å²) in [5, 5.41) is 3.20. The van der Waals surface area contributed by atoms with Gasteiger partial charge in [-0.1, -0.05) is 22.9 Å². The highest BCUT2D eigenvalue weighted by Crippen LogP contribution is 2.11. The summed E-state index contributed by atoms with van der Waals surface area (Å²) in [4.78, 5) is 8.77. The second-order valence-electron chi connectivity index (χ2n) is 3.17. The number of nitrogens with zero attached hydrogens (tertiary/aromatic N) is 2. The molecule has 0 aliphatic carbocycles. The molecule has 84 valence electrons. The van der Waals surface area contributed by atoms with E-state index >= 15 is 0 Å². The Labute approximate surface area is 98.6 Å². The van der Waals surface area contributed by atoms with Crippen molar-refractivity contribution in [3.8, 4) is 5.88 Å². The number of hydrogen-bond donors (Lipinski definition) is 1. The van der Waals surface area contributed by atoms with Crippen molar-refractivity contribution in [1.29, 1.82) is 0 Å². The van der Waals surface area contributed by atoms with Crippen LogP contribution in [0, 0.1) is 0 Å². The lowest BCUT2D eigenvalue weighted by molar-refractivity contribution is 0.396. The van der Waals surface area contributed by atoms with Crippen molar-refractivity contribution in [3.05, 3.63) is 12.4 Å². The normalized spacial score (nSPS) is 12.2. The van der Waals surface area contributed by atoms with E-state index in [0.717, 1.165) is 25.2 Å². The first-order chi connectivity index (χ1) is 7.26. The fourth-order valence-electron chi connectivity index (χ4n) is 1.09. The van der Waals surface area contributed by atoms with Gasteiger partial charge in [0.2, 0.25) is 5.88 Å². The van der Waals surface area contributed by atoms with Gasteiger partial charge in [0, 0.05) is 11.4 Å². The molecule has 5 heteroatoms. The molecule has 0 spiro atoms. The molecule has 0 saturated carbocycles. The number of ether oxygens (including phenoxy) is 1. The van der Waals surface area contributed by atoms with E-state index in [1.165, 1.54) is 0 Å². The van der Waals surface area contributed by atoms with Crippen LogP contribution >= 0.6 is 15.9 Å². The molecule has 1 atom stereocenters. The summed E-state index contributed by atoms with van der Waals surface area (Å²) >= 11 is 3.58. The number of hydrogen-bond acceptors (Lipinski definition) is 4. The molecular formula is C10H16BrN3O. The van der Waals surface area contributed by atoms with Gasteiger partial charge < -0.3 is 10.1 Å². The van der Waals surface area contributed by atoms with Gasteiger partial charge in [0.05, 0.1) is 19.5 Å². The van der Waals surface area contributed by atoms with E-state index in [1.54, 1.807) is 19.5 Å². The molecule has 0 amide bonds. The maximum Gasteiger partial charge on any atom is 0.233 e. The molecule has 4 nitrogen and oxygen atoms in total. The Morgan fingerprint density at radius 2 is 2.33 bits per heavy atom. The van der Waals surface area contributed by atoms with Crippen LogP contribution in [0.5, 0.6) is 5.88 Å². The zero-order valence-corrected chi connectivity index (χ0v) is 10.6. The van der Waals surface area contributed by atoms with E-state index in [1.807, 2.05) is 0 Å². The fraction of sp³-hybridized carbons (Fsp3) is 0.600. The average molecular weight is 274 g/mol. The largest absolute Gasteiger partial charge is 0.480 e. The van der Waals surface area contributed by atoms with Crippen LogP contribution in [0.1, 0.15) is 19.8 Å². The van der Waals surface area contributed by atoms with Crippen molar-refractivity contribution in [1.82, 2.24) is 9.97 Å². The van der Waals surface area contributed by atoms with Crippen molar-refractivity contribution in [2.45, 2.75) is 24.6 Å². The number of anilines is 1. The number of methoxy groups -OCH3 is 1. The predicted molar refractivity (Wildman–Crippen MR) is 64.7 cm³/mol. The molecule has 1 heterocycles. The minimum atomic E-state index is 0.533.